The Balaban J connectivity index is 1.75. The van der Waals surface area contributed by atoms with Gasteiger partial charge in [-0.2, -0.15) is 0 Å². The van der Waals surface area contributed by atoms with Gasteiger partial charge in [-0.3, -0.25) is 4.79 Å². The second-order valence-corrected chi connectivity index (χ2v) is 6.64. The van der Waals surface area contributed by atoms with Gasteiger partial charge in [0.1, 0.15) is 5.60 Å². The molecule has 2 fully saturated rings. The quantitative estimate of drug-likeness (QED) is 0.898. The van der Waals surface area contributed by atoms with Gasteiger partial charge in [-0.05, 0) is 38.0 Å². The maximum absolute atomic E-state index is 11.1. The van der Waals surface area contributed by atoms with Crippen LogP contribution in [0.15, 0.2) is 4.42 Å². The lowest BCUT2D eigenvalue weighted by Gasteiger charge is -2.25. The SMILES string of the molecule is CC1(c2nnc(CC3(CC(=O)O)CCCC3)o2)CCCO1. The van der Waals surface area contributed by atoms with Crippen molar-refractivity contribution in [3.8, 4) is 0 Å². The highest BCUT2D eigenvalue weighted by Crippen LogP contribution is 2.44. The van der Waals surface area contributed by atoms with Gasteiger partial charge in [0.15, 0.2) is 0 Å². The van der Waals surface area contributed by atoms with Crippen molar-refractivity contribution in [2.24, 2.45) is 5.41 Å². The van der Waals surface area contributed by atoms with E-state index in [0.717, 1.165) is 45.1 Å². The Kier molecular flexibility index (Phi) is 3.73. The third kappa shape index (κ3) is 2.95. The molecule has 3 rings (SSSR count). The fourth-order valence-electron chi connectivity index (χ4n) is 3.67. The Hall–Kier alpha value is -1.43. The zero-order chi connectivity index (χ0) is 14.9. The van der Waals surface area contributed by atoms with Crippen molar-refractivity contribution in [2.75, 3.05) is 6.61 Å². The van der Waals surface area contributed by atoms with E-state index in [1.54, 1.807) is 0 Å². The molecule has 1 saturated heterocycles. The molecule has 0 aromatic carbocycles. The van der Waals surface area contributed by atoms with Gasteiger partial charge in [-0.1, -0.05) is 12.8 Å². The molecule has 1 saturated carbocycles. The van der Waals surface area contributed by atoms with E-state index in [2.05, 4.69) is 10.2 Å². The highest BCUT2D eigenvalue weighted by Gasteiger charge is 2.40. The summed E-state index contributed by atoms with van der Waals surface area (Å²) in [6.45, 7) is 2.69. The molecule has 0 radical (unpaired) electrons. The van der Waals surface area contributed by atoms with Crippen LogP contribution in [0.1, 0.15) is 63.7 Å². The molecule has 6 heteroatoms. The molecule has 1 atom stereocenters. The van der Waals surface area contributed by atoms with E-state index in [1.807, 2.05) is 6.92 Å². The standard InChI is InChI=1S/C15H22N2O4/c1-14(5-4-8-20-14)13-17-16-11(21-13)9-15(10-12(18)19)6-2-3-7-15/h2-10H2,1H3,(H,18,19). The molecule has 0 bridgehead atoms. The highest BCUT2D eigenvalue weighted by atomic mass is 16.5. The number of nitrogens with zero attached hydrogens (tertiary/aromatic N) is 2. The van der Waals surface area contributed by atoms with Gasteiger partial charge >= 0.3 is 5.97 Å². The van der Waals surface area contributed by atoms with E-state index in [0.29, 0.717) is 18.2 Å². The molecule has 1 N–H and O–H groups in total. The van der Waals surface area contributed by atoms with Crippen LogP contribution in [0.25, 0.3) is 0 Å². The molecule has 1 aromatic rings. The average molecular weight is 294 g/mol. The second kappa shape index (κ2) is 5.40. The van der Waals surface area contributed by atoms with Crippen LogP contribution in [-0.2, 0) is 21.6 Å². The first-order valence-corrected chi connectivity index (χ1v) is 7.70. The first-order chi connectivity index (χ1) is 10.0. The van der Waals surface area contributed by atoms with Crippen molar-refractivity contribution in [3.05, 3.63) is 11.8 Å². The van der Waals surface area contributed by atoms with E-state index >= 15 is 0 Å². The fraction of sp³-hybridized carbons (Fsp3) is 0.800. The molecule has 0 amide bonds. The van der Waals surface area contributed by atoms with Gasteiger partial charge in [-0.15, -0.1) is 10.2 Å². The zero-order valence-electron chi connectivity index (χ0n) is 12.4. The van der Waals surface area contributed by atoms with Crippen LogP contribution >= 0.6 is 0 Å². The van der Waals surface area contributed by atoms with Crippen molar-refractivity contribution in [2.45, 2.75) is 63.9 Å². The Labute approximate surface area is 123 Å². The second-order valence-electron chi connectivity index (χ2n) is 6.64. The average Bonchev–Trinajstić information content (AvgIpc) is 3.11. The normalized spacial score (nSPS) is 28.0. The van der Waals surface area contributed by atoms with Crippen molar-refractivity contribution >= 4 is 5.97 Å². The van der Waals surface area contributed by atoms with Crippen LogP contribution in [0, 0.1) is 5.41 Å². The van der Waals surface area contributed by atoms with Crippen LogP contribution in [0.2, 0.25) is 0 Å². The number of hydrogen-bond acceptors (Lipinski definition) is 5. The van der Waals surface area contributed by atoms with Crippen molar-refractivity contribution < 1.29 is 19.1 Å². The summed E-state index contributed by atoms with van der Waals surface area (Å²) >= 11 is 0. The van der Waals surface area contributed by atoms with E-state index in [-0.39, 0.29) is 11.8 Å². The molecule has 6 nitrogen and oxygen atoms in total. The van der Waals surface area contributed by atoms with Gasteiger partial charge in [0.05, 0.1) is 6.42 Å². The number of hydrogen-bond donors (Lipinski definition) is 1. The van der Waals surface area contributed by atoms with E-state index in [4.69, 9.17) is 14.3 Å². The topological polar surface area (TPSA) is 85.5 Å². The van der Waals surface area contributed by atoms with Crippen molar-refractivity contribution in [3.63, 3.8) is 0 Å². The van der Waals surface area contributed by atoms with Gasteiger partial charge in [-0.25, -0.2) is 0 Å². The molecule has 1 aliphatic carbocycles. The third-order valence-electron chi connectivity index (χ3n) is 4.85. The summed E-state index contributed by atoms with van der Waals surface area (Å²) in [4.78, 5) is 11.1. The minimum Gasteiger partial charge on any atom is -0.481 e. The smallest absolute Gasteiger partial charge is 0.303 e. The predicted octanol–water partition coefficient (Wildman–Crippen LogP) is 2.67. The minimum absolute atomic E-state index is 0.179. The van der Waals surface area contributed by atoms with Crippen LogP contribution in [0.4, 0.5) is 0 Å². The summed E-state index contributed by atoms with van der Waals surface area (Å²) in [5.41, 5.74) is -0.687. The molecular weight excluding hydrogens is 272 g/mol. The van der Waals surface area contributed by atoms with Crippen molar-refractivity contribution in [1.82, 2.24) is 10.2 Å². The number of rotatable bonds is 5. The molecular formula is C15H22N2O4. The lowest BCUT2D eigenvalue weighted by Crippen LogP contribution is -2.24. The molecule has 1 aliphatic heterocycles. The van der Waals surface area contributed by atoms with E-state index < -0.39 is 11.6 Å². The Morgan fingerprint density at radius 3 is 2.62 bits per heavy atom. The third-order valence-corrected chi connectivity index (χ3v) is 4.85. The number of aromatic nitrogens is 2. The van der Waals surface area contributed by atoms with Crippen LogP contribution < -0.4 is 0 Å². The highest BCUT2D eigenvalue weighted by molar-refractivity contribution is 5.67. The molecule has 21 heavy (non-hydrogen) atoms. The lowest BCUT2D eigenvalue weighted by atomic mass is 9.79. The first-order valence-electron chi connectivity index (χ1n) is 7.70. The molecule has 2 aliphatic rings. The molecule has 0 spiro atoms. The van der Waals surface area contributed by atoms with Gasteiger partial charge < -0.3 is 14.3 Å². The minimum atomic E-state index is -0.747. The molecule has 2 heterocycles. The first kappa shape index (κ1) is 14.5. The van der Waals surface area contributed by atoms with Crippen LogP contribution in [0.3, 0.4) is 0 Å². The van der Waals surface area contributed by atoms with Crippen LogP contribution in [-0.4, -0.2) is 27.9 Å². The number of ether oxygens (including phenoxy) is 1. The fourth-order valence-corrected chi connectivity index (χ4v) is 3.67. The molecule has 1 aromatic heterocycles. The molecule has 1 unspecified atom stereocenters. The molecule has 116 valence electrons. The summed E-state index contributed by atoms with van der Waals surface area (Å²) in [5, 5.41) is 17.4. The van der Waals surface area contributed by atoms with Gasteiger partial charge in [0, 0.05) is 13.0 Å². The van der Waals surface area contributed by atoms with Gasteiger partial charge in [0.2, 0.25) is 11.8 Å². The summed E-state index contributed by atoms with van der Waals surface area (Å²) in [5.74, 6) is 0.325. The summed E-state index contributed by atoms with van der Waals surface area (Å²) in [6.07, 6.45) is 6.62. The zero-order valence-corrected chi connectivity index (χ0v) is 12.4. The number of aliphatic carboxylic acids is 1. The van der Waals surface area contributed by atoms with Gasteiger partial charge in [0.25, 0.3) is 0 Å². The number of carboxylic acids is 1. The number of carbonyl (C=O) groups is 1. The van der Waals surface area contributed by atoms with E-state index in [1.165, 1.54) is 0 Å². The van der Waals surface area contributed by atoms with Crippen LogP contribution in [0.5, 0.6) is 0 Å². The van der Waals surface area contributed by atoms with Crippen molar-refractivity contribution in [1.29, 1.82) is 0 Å². The number of carboxylic acid groups (broad SMARTS) is 1. The Morgan fingerprint density at radius 1 is 1.24 bits per heavy atom. The Bertz CT molecular complexity index is 513. The van der Waals surface area contributed by atoms with E-state index in [9.17, 15) is 4.79 Å². The summed E-state index contributed by atoms with van der Waals surface area (Å²) < 4.78 is 11.5. The maximum Gasteiger partial charge on any atom is 0.303 e. The maximum atomic E-state index is 11.1. The predicted molar refractivity (Wildman–Crippen MR) is 73.7 cm³/mol. The Morgan fingerprint density at radius 2 is 2.00 bits per heavy atom. The monoisotopic (exact) mass is 294 g/mol. The largest absolute Gasteiger partial charge is 0.481 e. The summed E-state index contributed by atoms with van der Waals surface area (Å²) in [6, 6.07) is 0. The summed E-state index contributed by atoms with van der Waals surface area (Å²) in [7, 11) is 0. The lowest BCUT2D eigenvalue weighted by molar-refractivity contribution is -0.139.